The van der Waals surface area contributed by atoms with Gasteiger partial charge < -0.3 is 44.7 Å². The summed E-state index contributed by atoms with van der Waals surface area (Å²) < 4.78 is 15.9. The SMILES string of the molecule is O=C(Cc1cc(=O)oc2cc(O[C@@H]3OC(CO)C(O)=C(O)C3O)ccc12)NCCO. The van der Waals surface area contributed by atoms with E-state index >= 15 is 0 Å². The molecular formula is C19H21NO10. The van der Waals surface area contributed by atoms with E-state index in [0.717, 1.165) is 0 Å². The molecule has 11 nitrogen and oxygen atoms in total. The lowest BCUT2D eigenvalue weighted by molar-refractivity contribution is -0.192. The van der Waals surface area contributed by atoms with Crippen LogP contribution in [0.4, 0.5) is 0 Å². The first kappa shape index (κ1) is 21.6. The highest BCUT2D eigenvalue weighted by Crippen LogP contribution is 2.28. The number of carbonyl (C=O) groups is 1. The minimum Gasteiger partial charge on any atom is -0.506 e. The van der Waals surface area contributed by atoms with Gasteiger partial charge in [-0.3, -0.25) is 4.79 Å². The van der Waals surface area contributed by atoms with Gasteiger partial charge in [-0.2, -0.15) is 0 Å². The number of hydrogen-bond donors (Lipinski definition) is 6. The lowest BCUT2D eigenvalue weighted by Gasteiger charge is -2.32. The summed E-state index contributed by atoms with van der Waals surface area (Å²) in [7, 11) is 0. The van der Waals surface area contributed by atoms with E-state index in [4.69, 9.17) is 19.0 Å². The highest BCUT2D eigenvalue weighted by molar-refractivity contribution is 5.87. The van der Waals surface area contributed by atoms with Crippen molar-refractivity contribution in [2.75, 3.05) is 19.8 Å². The lowest BCUT2D eigenvalue weighted by atomic mass is 10.1. The van der Waals surface area contributed by atoms with Gasteiger partial charge in [0, 0.05) is 24.1 Å². The molecule has 6 N–H and O–H groups in total. The van der Waals surface area contributed by atoms with Gasteiger partial charge in [-0.1, -0.05) is 0 Å². The number of carbonyl (C=O) groups excluding carboxylic acids is 1. The molecule has 0 bridgehead atoms. The molecular weight excluding hydrogens is 402 g/mol. The summed E-state index contributed by atoms with van der Waals surface area (Å²) in [5.41, 5.74) is -0.177. The fraction of sp³-hybridized carbons (Fsp3) is 0.368. The zero-order valence-corrected chi connectivity index (χ0v) is 15.6. The van der Waals surface area contributed by atoms with Gasteiger partial charge in [0.1, 0.15) is 17.4 Å². The van der Waals surface area contributed by atoms with Crippen LogP contribution in [0.1, 0.15) is 5.56 Å². The van der Waals surface area contributed by atoms with Crippen LogP contribution in [0.3, 0.4) is 0 Å². The Kier molecular flexibility index (Phi) is 6.57. The van der Waals surface area contributed by atoms with E-state index < -0.39 is 42.2 Å². The zero-order valence-electron chi connectivity index (χ0n) is 15.6. The first-order valence-electron chi connectivity index (χ1n) is 9.01. The predicted octanol–water partition coefficient (Wildman–Crippen LogP) is -0.771. The van der Waals surface area contributed by atoms with Crippen LogP contribution < -0.4 is 15.7 Å². The Morgan fingerprint density at radius 1 is 1.17 bits per heavy atom. The number of benzene rings is 1. The maximum Gasteiger partial charge on any atom is 0.336 e. The first-order valence-corrected chi connectivity index (χ1v) is 9.01. The Labute approximate surface area is 169 Å². The van der Waals surface area contributed by atoms with Gasteiger partial charge in [0.25, 0.3) is 0 Å². The molecule has 0 radical (unpaired) electrons. The van der Waals surface area contributed by atoms with Crippen molar-refractivity contribution in [3.05, 3.63) is 51.8 Å². The van der Waals surface area contributed by atoms with E-state index in [2.05, 4.69) is 5.32 Å². The molecule has 3 rings (SSSR count). The predicted molar refractivity (Wildman–Crippen MR) is 101 cm³/mol. The number of rotatable bonds is 7. The summed E-state index contributed by atoms with van der Waals surface area (Å²) in [4.78, 5) is 23.8. The fourth-order valence-electron chi connectivity index (χ4n) is 2.96. The minimum absolute atomic E-state index is 0.0889. The molecule has 0 aliphatic carbocycles. The summed E-state index contributed by atoms with van der Waals surface area (Å²) >= 11 is 0. The molecule has 1 aromatic carbocycles. The second-order valence-corrected chi connectivity index (χ2v) is 6.51. The molecule has 3 atom stereocenters. The van der Waals surface area contributed by atoms with Crippen molar-refractivity contribution < 1.29 is 44.2 Å². The standard InChI is InChI=1S/C19H21NO10/c21-4-3-20-14(23)5-9-6-15(24)29-12-7-10(1-2-11(9)12)28-19-18(27)17(26)16(25)13(8-22)30-19/h1-2,6-7,13,18-19,21-22,25-27H,3-5,8H2,(H,20,23)/t13?,18?,19-/m1/s1. The van der Waals surface area contributed by atoms with Crippen LogP contribution in [-0.2, 0) is 16.0 Å². The minimum atomic E-state index is -1.71. The van der Waals surface area contributed by atoms with Crippen molar-refractivity contribution in [3.63, 3.8) is 0 Å². The fourth-order valence-corrected chi connectivity index (χ4v) is 2.96. The van der Waals surface area contributed by atoms with E-state index in [0.29, 0.717) is 10.9 Å². The highest BCUT2D eigenvalue weighted by Gasteiger charge is 2.38. The second kappa shape index (κ2) is 9.13. The van der Waals surface area contributed by atoms with Crippen LogP contribution in [0.5, 0.6) is 5.75 Å². The van der Waals surface area contributed by atoms with E-state index in [1.54, 1.807) is 0 Å². The molecule has 162 valence electrons. The van der Waals surface area contributed by atoms with Crippen molar-refractivity contribution in [1.29, 1.82) is 0 Å². The maximum atomic E-state index is 11.9. The van der Waals surface area contributed by atoms with E-state index in [-0.39, 0.29) is 36.8 Å². The van der Waals surface area contributed by atoms with Gasteiger partial charge in [-0.25, -0.2) is 4.79 Å². The Morgan fingerprint density at radius 3 is 2.63 bits per heavy atom. The monoisotopic (exact) mass is 423 g/mol. The molecule has 2 heterocycles. The summed E-state index contributed by atoms with van der Waals surface area (Å²) in [5, 5.41) is 50.4. The number of ether oxygens (including phenoxy) is 2. The summed E-state index contributed by atoms with van der Waals surface area (Å²) in [6.45, 7) is -0.777. The number of amides is 1. The molecule has 0 saturated carbocycles. The molecule has 1 aliphatic heterocycles. The molecule has 30 heavy (non-hydrogen) atoms. The van der Waals surface area contributed by atoms with Gasteiger partial charge >= 0.3 is 5.63 Å². The third kappa shape index (κ3) is 4.54. The van der Waals surface area contributed by atoms with Gasteiger partial charge in [-0.15, -0.1) is 0 Å². The van der Waals surface area contributed by atoms with Crippen molar-refractivity contribution in [3.8, 4) is 5.75 Å². The number of aliphatic hydroxyl groups excluding tert-OH is 5. The third-order valence-electron chi connectivity index (χ3n) is 4.41. The normalized spacial score (nSPS) is 21.6. The van der Waals surface area contributed by atoms with Crippen molar-refractivity contribution in [2.24, 2.45) is 0 Å². The number of fused-ring (bicyclic) bond motifs is 1. The summed E-state index contributed by atoms with van der Waals surface area (Å²) in [6.07, 6.45) is -4.55. The molecule has 1 aromatic heterocycles. The Balaban J connectivity index is 1.85. The average molecular weight is 423 g/mol. The van der Waals surface area contributed by atoms with Crippen molar-refractivity contribution in [1.82, 2.24) is 5.32 Å². The topological polar surface area (TPSA) is 179 Å². The first-order chi connectivity index (χ1) is 14.3. The smallest absolute Gasteiger partial charge is 0.336 e. The summed E-state index contributed by atoms with van der Waals surface area (Å²) in [5.74, 6) is -1.76. The molecule has 1 amide bonds. The highest BCUT2D eigenvalue weighted by atomic mass is 16.7. The summed E-state index contributed by atoms with van der Waals surface area (Å²) in [6, 6.07) is 5.53. The van der Waals surface area contributed by atoms with Crippen molar-refractivity contribution in [2.45, 2.75) is 24.9 Å². The maximum absolute atomic E-state index is 11.9. The van der Waals surface area contributed by atoms with Crippen LogP contribution in [-0.4, -0.2) is 69.7 Å². The van der Waals surface area contributed by atoms with E-state index in [1.807, 2.05) is 0 Å². The molecule has 0 spiro atoms. The zero-order chi connectivity index (χ0) is 21.8. The van der Waals surface area contributed by atoms with E-state index in [9.17, 15) is 30.0 Å². The number of nitrogens with one attached hydrogen (secondary N) is 1. The molecule has 0 saturated heterocycles. The van der Waals surface area contributed by atoms with Crippen molar-refractivity contribution >= 4 is 16.9 Å². The Bertz CT molecular complexity index is 1010. The van der Waals surface area contributed by atoms with E-state index in [1.165, 1.54) is 24.3 Å². The molecule has 2 unspecified atom stereocenters. The van der Waals surface area contributed by atoms with Gasteiger partial charge in [0.05, 0.1) is 19.6 Å². The molecule has 11 heteroatoms. The molecule has 1 aliphatic rings. The average Bonchev–Trinajstić information content (AvgIpc) is 2.72. The van der Waals surface area contributed by atoms with Gasteiger partial charge in [-0.05, 0) is 17.7 Å². The van der Waals surface area contributed by atoms with Crippen LogP contribution >= 0.6 is 0 Å². The van der Waals surface area contributed by atoms with Crippen LogP contribution in [0, 0.1) is 0 Å². The van der Waals surface area contributed by atoms with Crippen LogP contribution in [0.2, 0.25) is 0 Å². The Hall–Kier alpha value is -3.12. The lowest BCUT2D eigenvalue weighted by Crippen LogP contribution is -2.45. The third-order valence-corrected chi connectivity index (χ3v) is 4.41. The van der Waals surface area contributed by atoms with Gasteiger partial charge in [0.15, 0.2) is 17.6 Å². The Morgan fingerprint density at radius 2 is 1.93 bits per heavy atom. The largest absolute Gasteiger partial charge is 0.506 e. The number of hydrogen-bond acceptors (Lipinski definition) is 10. The molecule has 0 fully saturated rings. The molecule has 2 aromatic rings. The van der Waals surface area contributed by atoms with Crippen LogP contribution in [0.25, 0.3) is 11.0 Å². The second-order valence-electron chi connectivity index (χ2n) is 6.51. The van der Waals surface area contributed by atoms with Crippen LogP contribution in [0.15, 0.2) is 45.0 Å². The number of aliphatic hydroxyl groups is 5. The quantitative estimate of drug-likeness (QED) is 0.310. The van der Waals surface area contributed by atoms with Gasteiger partial charge in [0.2, 0.25) is 12.2 Å².